The van der Waals surface area contributed by atoms with Crippen molar-refractivity contribution < 1.29 is 9.59 Å². The molecule has 0 spiro atoms. The molecule has 0 bridgehead atoms. The Morgan fingerprint density at radius 2 is 1.42 bits per heavy atom. The zero-order chi connectivity index (χ0) is 17.4. The van der Waals surface area contributed by atoms with Crippen LogP contribution in [-0.4, -0.2) is 44.5 Å². The molecule has 8 nitrogen and oxygen atoms in total. The Labute approximate surface area is 179 Å². The number of rotatable bonds is 0. The molecule has 2 aliphatic heterocycles. The van der Waals surface area contributed by atoms with E-state index in [-0.39, 0.29) is 50.9 Å². The molecule has 26 heavy (non-hydrogen) atoms. The van der Waals surface area contributed by atoms with Crippen LogP contribution in [-0.2, 0) is 0 Å². The molecule has 2 aromatic rings. The van der Waals surface area contributed by atoms with Gasteiger partial charge in [0, 0.05) is 13.1 Å². The SMILES string of the molecule is C[C@H]1CNC(=O)c2c(I)cnn21.Cc1cnn2c1C(=O)NC[C@@H]2C.S.S. The van der Waals surface area contributed by atoms with Crippen molar-refractivity contribution >= 4 is 61.4 Å². The Hall–Kier alpha value is -1.21. The van der Waals surface area contributed by atoms with Crippen molar-refractivity contribution in [2.24, 2.45) is 0 Å². The minimum atomic E-state index is -0.0185. The summed E-state index contributed by atoms with van der Waals surface area (Å²) in [6.07, 6.45) is 3.45. The highest BCUT2D eigenvalue weighted by Gasteiger charge is 2.25. The van der Waals surface area contributed by atoms with E-state index in [9.17, 15) is 9.59 Å². The van der Waals surface area contributed by atoms with E-state index in [0.29, 0.717) is 24.5 Å². The van der Waals surface area contributed by atoms with Crippen molar-refractivity contribution in [1.29, 1.82) is 0 Å². The monoisotopic (exact) mass is 510 g/mol. The average molecular weight is 510 g/mol. The number of aromatic nitrogens is 4. The first-order chi connectivity index (χ1) is 11.4. The predicted molar refractivity (Wildman–Crippen MR) is 117 cm³/mol. The van der Waals surface area contributed by atoms with Crippen molar-refractivity contribution in [2.75, 3.05) is 13.1 Å². The summed E-state index contributed by atoms with van der Waals surface area (Å²) in [4.78, 5) is 22.7. The molecule has 2 atom stereocenters. The second-order valence-corrected chi connectivity index (χ2v) is 7.19. The van der Waals surface area contributed by atoms with Gasteiger partial charge in [0.1, 0.15) is 11.4 Å². The second kappa shape index (κ2) is 9.13. The van der Waals surface area contributed by atoms with Gasteiger partial charge in [0.15, 0.2) is 0 Å². The number of hydrogen-bond acceptors (Lipinski definition) is 4. The standard InChI is InChI=1S/C8H11N3O.C7H8IN3O.2H2S/c1-5-3-10-11-6(2)4-9-8(12)7(5)11;1-4-2-9-7(12)6-5(8)3-10-11(4)6;;/h3,6H,4H2,1-2H3,(H,9,12);3-4H,2H2,1H3,(H,9,12);2*1H2/t6-;4-;;/m00../s1. The number of carbonyl (C=O) groups excluding carboxylic acids is 2. The summed E-state index contributed by atoms with van der Waals surface area (Å²) in [5, 5.41) is 13.9. The third-order valence-corrected chi connectivity index (χ3v) is 4.90. The molecule has 0 aliphatic carbocycles. The first kappa shape index (κ1) is 22.8. The topological polar surface area (TPSA) is 93.8 Å². The fraction of sp³-hybridized carbons (Fsp3) is 0.467. The maximum atomic E-state index is 11.3. The molecule has 4 rings (SSSR count). The summed E-state index contributed by atoms with van der Waals surface area (Å²) < 4.78 is 4.48. The molecule has 2 amide bonds. The maximum absolute atomic E-state index is 11.3. The lowest BCUT2D eigenvalue weighted by Crippen LogP contribution is -2.38. The smallest absolute Gasteiger partial charge is 0.270 e. The summed E-state index contributed by atoms with van der Waals surface area (Å²) in [5.74, 6) is -0.0295. The Kier molecular flexibility index (Phi) is 8.02. The minimum Gasteiger partial charge on any atom is -0.349 e. The molecule has 11 heteroatoms. The summed E-state index contributed by atoms with van der Waals surface area (Å²) in [7, 11) is 0. The van der Waals surface area contributed by atoms with Gasteiger partial charge in [-0.15, -0.1) is 0 Å². The van der Waals surface area contributed by atoms with Crippen LogP contribution >= 0.6 is 49.6 Å². The molecule has 0 saturated carbocycles. The zero-order valence-electron chi connectivity index (χ0n) is 14.7. The maximum Gasteiger partial charge on any atom is 0.270 e. The molecule has 0 saturated heterocycles. The number of amides is 2. The summed E-state index contributed by atoms with van der Waals surface area (Å²) >= 11 is 2.12. The lowest BCUT2D eigenvalue weighted by molar-refractivity contribution is 0.0904. The van der Waals surface area contributed by atoms with E-state index in [2.05, 4.69) is 43.4 Å². The molecular formula is C15H23IN6O2S2. The van der Waals surface area contributed by atoms with E-state index in [0.717, 1.165) is 9.13 Å². The Morgan fingerprint density at radius 3 is 1.92 bits per heavy atom. The fourth-order valence-corrected chi connectivity index (χ4v) is 3.39. The third kappa shape index (κ3) is 4.19. The van der Waals surface area contributed by atoms with E-state index in [4.69, 9.17) is 0 Å². The predicted octanol–water partition coefficient (Wildman–Crippen LogP) is 1.51. The van der Waals surface area contributed by atoms with Crippen LogP contribution < -0.4 is 10.6 Å². The van der Waals surface area contributed by atoms with Gasteiger partial charge in [-0.1, -0.05) is 0 Å². The van der Waals surface area contributed by atoms with Crippen LogP contribution in [0.25, 0.3) is 0 Å². The van der Waals surface area contributed by atoms with Crippen molar-refractivity contribution in [3.05, 3.63) is 32.9 Å². The number of carbonyl (C=O) groups is 2. The fourth-order valence-electron chi connectivity index (χ4n) is 2.77. The van der Waals surface area contributed by atoms with E-state index in [1.54, 1.807) is 21.8 Å². The zero-order valence-corrected chi connectivity index (χ0v) is 18.9. The van der Waals surface area contributed by atoms with E-state index in [1.165, 1.54) is 0 Å². The highest BCUT2D eigenvalue weighted by molar-refractivity contribution is 14.1. The molecule has 2 aliphatic rings. The largest absolute Gasteiger partial charge is 0.349 e. The average Bonchev–Trinajstić information content (AvgIpc) is 3.13. The number of nitrogens with one attached hydrogen (secondary N) is 2. The number of aryl methyl sites for hydroxylation is 1. The van der Waals surface area contributed by atoms with Crippen molar-refractivity contribution in [3.63, 3.8) is 0 Å². The minimum absolute atomic E-state index is 0. The van der Waals surface area contributed by atoms with Crippen molar-refractivity contribution in [2.45, 2.75) is 32.9 Å². The third-order valence-electron chi connectivity index (χ3n) is 4.11. The van der Waals surface area contributed by atoms with Crippen LogP contribution in [0.2, 0.25) is 0 Å². The van der Waals surface area contributed by atoms with Gasteiger partial charge in [-0.2, -0.15) is 37.2 Å². The van der Waals surface area contributed by atoms with Crippen molar-refractivity contribution in [1.82, 2.24) is 30.2 Å². The molecule has 144 valence electrons. The molecule has 2 aromatic heterocycles. The van der Waals surface area contributed by atoms with Gasteiger partial charge in [0.25, 0.3) is 11.8 Å². The highest BCUT2D eigenvalue weighted by atomic mass is 127. The first-order valence-electron chi connectivity index (χ1n) is 7.73. The normalized spacial score (nSPS) is 20.2. The van der Waals surface area contributed by atoms with Crippen LogP contribution in [0, 0.1) is 10.5 Å². The number of halogens is 1. The Balaban J connectivity index is 0.000000241. The molecular weight excluding hydrogens is 487 g/mol. The van der Waals surface area contributed by atoms with Gasteiger partial charge in [0.05, 0.1) is 28.0 Å². The van der Waals surface area contributed by atoms with Crippen LogP contribution in [0.4, 0.5) is 0 Å². The first-order valence-corrected chi connectivity index (χ1v) is 8.81. The van der Waals surface area contributed by atoms with Gasteiger partial charge in [-0.05, 0) is 48.9 Å². The quantitative estimate of drug-likeness (QED) is 0.526. The van der Waals surface area contributed by atoms with Gasteiger partial charge in [-0.25, -0.2) is 0 Å². The molecule has 0 aromatic carbocycles. The van der Waals surface area contributed by atoms with Gasteiger partial charge < -0.3 is 10.6 Å². The lowest BCUT2D eigenvalue weighted by Gasteiger charge is -2.21. The summed E-state index contributed by atoms with van der Waals surface area (Å²) in [6, 6.07) is 0.535. The number of fused-ring (bicyclic) bond motifs is 2. The van der Waals surface area contributed by atoms with Crippen molar-refractivity contribution in [3.8, 4) is 0 Å². The molecule has 4 heterocycles. The van der Waals surface area contributed by atoms with Crippen LogP contribution in [0.3, 0.4) is 0 Å². The molecule has 0 fully saturated rings. The van der Waals surface area contributed by atoms with Gasteiger partial charge in [0.2, 0.25) is 0 Å². The molecule has 2 N–H and O–H groups in total. The van der Waals surface area contributed by atoms with Crippen LogP contribution in [0.1, 0.15) is 52.5 Å². The summed E-state index contributed by atoms with van der Waals surface area (Å²) in [6.45, 7) is 7.31. The Bertz CT molecular complexity index is 740. The Morgan fingerprint density at radius 1 is 0.962 bits per heavy atom. The van der Waals surface area contributed by atoms with Gasteiger partial charge >= 0.3 is 0 Å². The van der Waals surface area contributed by atoms with E-state index < -0.39 is 0 Å². The lowest BCUT2D eigenvalue weighted by atomic mass is 10.2. The molecule has 0 unspecified atom stereocenters. The van der Waals surface area contributed by atoms with E-state index in [1.807, 2.05) is 20.8 Å². The number of nitrogens with zero attached hydrogens (tertiary/aromatic N) is 4. The van der Waals surface area contributed by atoms with Crippen LogP contribution in [0.15, 0.2) is 12.4 Å². The number of hydrogen-bond donors (Lipinski definition) is 2. The highest BCUT2D eigenvalue weighted by Crippen LogP contribution is 2.19. The van der Waals surface area contributed by atoms with Gasteiger partial charge in [-0.3, -0.25) is 19.0 Å². The summed E-state index contributed by atoms with van der Waals surface area (Å²) in [5.41, 5.74) is 2.34. The molecule has 0 radical (unpaired) electrons. The van der Waals surface area contributed by atoms with E-state index >= 15 is 0 Å². The second-order valence-electron chi connectivity index (χ2n) is 6.02. The van der Waals surface area contributed by atoms with Crippen LogP contribution in [0.5, 0.6) is 0 Å².